The monoisotopic (exact) mass is 426 g/mol. The summed E-state index contributed by atoms with van der Waals surface area (Å²) >= 11 is 0. The van der Waals surface area contributed by atoms with Gasteiger partial charge in [-0.1, -0.05) is 32.0 Å². The first kappa shape index (κ1) is 20.6. The molecule has 0 saturated carbocycles. The Labute approximate surface area is 190 Å². The van der Waals surface area contributed by atoms with E-state index in [-0.39, 0.29) is 5.41 Å². The topological polar surface area (TPSA) is 56.6 Å². The van der Waals surface area contributed by atoms with Gasteiger partial charge in [0.05, 0.1) is 5.69 Å². The van der Waals surface area contributed by atoms with Crippen LogP contribution in [0.15, 0.2) is 59.7 Å². The normalized spacial score (nSPS) is 17.8. The molecular formula is C26H30N6. The number of likely N-dealkylation sites (N-methyl/N-ethyl adjacent to an activating group) is 1. The van der Waals surface area contributed by atoms with Gasteiger partial charge in [-0.15, -0.1) is 0 Å². The quantitative estimate of drug-likeness (QED) is 0.672. The minimum Gasteiger partial charge on any atom is -0.369 e. The predicted molar refractivity (Wildman–Crippen MR) is 132 cm³/mol. The van der Waals surface area contributed by atoms with Crippen LogP contribution in [-0.4, -0.2) is 60.9 Å². The molecule has 6 nitrogen and oxygen atoms in total. The van der Waals surface area contributed by atoms with E-state index >= 15 is 0 Å². The van der Waals surface area contributed by atoms with Crippen LogP contribution in [0.2, 0.25) is 0 Å². The molecule has 0 bridgehead atoms. The number of nitrogens with one attached hydrogen (secondary N) is 1. The highest BCUT2D eigenvalue weighted by atomic mass is 15.2. The molecule has 0 unspecified atom stereocenters. The molecule has 6 heteroatoms. The summed E-state index contributed by atoms with van der Waals surface area (Å²) < 4.78 is 0. The van der Waals surface area contributed by atoms with Crippen LogP contribution in [0, 0.1) is 0 Å². The van der Waals surface area contributed by atoms with Crippen molar-refractivity contribution in [2.75, 3.05) is 50.0 Å². The number of fused-ring (bicyclic) bond motifs is 1. The van der Waals surface area contributed by atoms with E-state index in [0.717, 1.165) is 49.7 Å². The summed E-state index contributed by atoms with van der Waals surface area (Å²) in [5, 5.41) is 3.40. The molecule has 5 rings (SSSR count). The zero-order chi connectivity index (χ0) is 22.1. The molecule has 1 N–H and O–H groups in total. The Morgan fingerprint density at radius 1 is 0.969 bits per heavy atom. The summed E-state index contributed by atoms with van der Waals surface area (Å²) in [6.45, 7) is 9.57. The summed E-state index contributed by atoms with van der Waals surface area (Å²) in [6, 6.07) is 17.0. The molecule has 164 valence electrons. The van der Waals surface area contributed by atoms with Gasteiger partial charge in [0.15, 0.2) is 0 Å². The van der Waals surface area contributed by atoms with Gasteiger partial charge in [0, 0.05) is 67.5 Å². The van der Waals surface area contributed by atoms with Crippen molar-refractivity contribution in [2.45, 2.75) is 19.3 Å². The number of hydrogen-bond donors (Lipinski definition) is 1. The average molecular weight is 427 g/mol. The maximum Gasteiger partial charge on any atom is 0.227 e. The summed E-state index contributed by atoms with van der Waals surface area (Å²) in [7, 11) is 2.18. The van der Waals surface area contributed by atoms with Crippen LogP contribution in [0.25, 0.3) is 11.3 Å². The lowest BCUT2D eigenvalue weighted by Gasteiger charge is -2.34. The van der Waals surface area contributed by atoms with Crippen LogP contribution in [0.4, 0.5) is 17.3 Å². The first-order chi connectivity index (χ1) is 15.5. The SMILES string of the molecule is CN1CCN(c2cccc(Nc3nccc(-c4ccc5c(c4)C(C)(C)CN=C5)n3)c2)CC1. The predicted octanol–water partition coefficient (Wildman–Crippen LogP) is 4.35. The minimum atomic E-state index is 0.0257. The van der Waals surface area contributed by atoms with Gasteiger partial charge in [-0.05, 0) is 48.5 Å². The van der Waals surface area contributed by atoms with E-state index < -0.39 is 0 Å². The van der Waals surface area contributed by atoms with Crippen LogP contribution in [-0.2, 0) is 5.41 Å². The standard InChI is InChI=1S/C26H30N6/c1-26(2)18-27-17-20-8-7-19(15-23(20)26)24-9-10-28-25(30-24)29-21-5-4-6-22(16-21)32-13-11-31(3)12-14-32/h4-10,15-17H,11-14,18H2,1-3H3,(H,28,29,30). The zero-order valence-corrected chi connectivity index (χ0v) is 19.0. The third-order valence-electron chi connectivity index (χ3n) is 6.42. The van der Waals surface area contributed by atoms with Gasteiger partial charge in [0.1, 0.15) is 0 Å². The fraction of sp³-hybridized carbons (Fsp3) is 0.346. The Morgan fingerprint density at radius 3 is 2.66 bits per heavy atom. The van der Waals surface area contributed by atoms with Crippen LogP contribution in [0.1, 0.15) is 25.0 Å². The number of nitrogens with zero attached hydrogens (tertiary/aromatic N) is 5. The van der Waals surface area contributed by atoms with E-state index in [1.54, 1.807) is 0 Å². The molecule has 0 aliphatic carbocycles. The maximum absolute atomic E-state index is 4.81. The molecule has 0 radical (unpaired) electrons. The van der Waals surface area contributed by atoms with E-state index in [9.17, 15) is 0 Å². The van der Waals surface area contributed by atoms with Crippen molar-refractivity contribution < 1.29 is 0 Å². The van der Waals surface area contributed by atoms with E-state index in [4.69, 9.17) is 4.98 Å². The Morgan fingerprint density at radius 2 is 1.81 bits per heavy atom. The highest BCUT2D eigenvalue weighted by Gasteiger charge is 2.26. The lowest BCUT2D eigenvalue weighted by Crippen LogP contribution is -2.44. The van der Waals surface area contributed by atoms with E-state index in [0.29, 0.717) is 5.95 Å². The van der Waals surface area contributed by atoms with Crippen molar-refractivity contribution >= 4 is 23.5 Å². The maximum atomic E-state index is 4.81. The second kappa shape index (κ2) is 8.36. The summed E-state index contributed by atoms with van der Waals surface area (Å²) in [4.78, 5) is 18.6. The Bertz CT molecular complexity index is 1140. The minimum absolute atomic E-state index is 0.0257. The molecule has 1 fully saturated rings. The molecule has 32 heavy (non-hydrogen) atoms. The number of benzene rings is 2. The molecule has 2 aliphatic heterocycles. The number of aliphatic imine (C=N–C) groups is 1. The largest absolute Gasteiger partial charge is 0.369 e. The smallest absolute Gasteiger partial charge is 0.227 e. The fourth-order valence-electron chi connectivity index (χ4n) is 4.43. The first-order valence-corrected chi connectivity index (χ1v) is 11.3. The lowest BCUT2D eigenvalue weighted by atomic mass is 9.79. The van der Waals surface area contributed by atoms with Crippen LogP contribution >= 0.6 is 0 Å². The lowest BCUT2D eigenvalue weighted by molar-refractivity contribution is 0.313. The zero-order valence-electron chi connectivity index (χ0n) is 19.0. The third-order valence-corrected chi connectivity index (χ3v) is 6.42. The Balaban J connectivity index is 1.38. The van der Waals surface area contributed by atoms with Gasteiger partial charge >= 0.3 is 0 Å². The van der Waals surface area contributed by atoms with Crippen molar-refractivity contribution in [3.05, 3.63) is 65.9 Å². The molecular weight excluding hydrogens is 396 g/mol. The van der Waals surface area contributed by atoms with Gasteiger partial charge in [0.25, 0.3) is 0 Å². The van der Waals surface area contributed by atoms with Gasteiger partial charge in [-0.25, -0.2) is 9.97 Å². The number of rotatable bonds is 4. The molecule has 0 spiro atoms. The summed E-state index contributed by atoms with van der Waals surface area (Å²) in [5.74, 6) is 0.608. The molecule has 2 aliphatic rings. The molecule has 1 aromatic heterocycles. The number of aromatic nitrogens is 2. The third kappa shape index (κ3) is 4.23. The van der Waals surface area contributed by atoms with E-state index in [2.05, 4.69) is 88.5 Å². The molecule has 2 aromatic carbocycles. The van der Waals surface area contributed by atoms with Crippen molar-refractivity contribution in [1.29, 1.82) is 0 Å². The van der Waals surface area contributed by atoms with Gasteiger partial charge in [-0.3, -0.25) is 4.99 Å². The van der Waals surface area contributed by atoms with Crippen molar-refractivity contribution in [3.8, 4) is 11.3 Å². The molecule has 1 saturated heterocycles. The highest BCUT2D eigenvalue weighted by Crippen LogP contribution is 2.33. The Kier molecular flexibility index (Phi) is 5.39. The van der Waals surface area contributed by atoms with Crippen molar-refractivity contribution in [1.82, 2.24) is 14.9 Å². The van der Waals surface area contributed by atoms with Crippen molar-refractivity contribution in [2.24, 2.45) is 4.99 Å². The summed E-state index contributed by atoms with van der Waals surface area (Å²) in [5.41, 5.74) is 6.79. The van der Waals surface area contributed by atoms with E-state index in [1.807, 2.05) is 18.5 Å². The molecule has 0 atom stereocenters. The Hall–Kier alpha value is -3.25. The fourth-order valence-corrected chi connectivity index (χ4v) is 4.43. The highest BCUT2D eigenvalue weighted by molar-refractivity contribution is 5.85. The second-order valence-electron chi connectivity index (χ2n) is 9.39. The van der Waals surface area contributed by atoms with Crippen LogP contribution in [0.3, 0.4) is 0 Å². The first-order valence-electron chi connectivity index (χ1n) is 11.3. The summed E-state index contributed by atoms with van der Waals surface area (Å²) in [6.07, 6.45) is 3.80. The second-order valence-corrected chi connectivity index (χ2v) is 9.39. The van der Waals surface area contributed by atoms with E-state index in [1.165, 1.54) is 16.8 Å². The molecule has 3 heterocycles. The number of anilines is 3. The molecule has 3 aromatic rings. The van der Waals surface area contributed by atoms with Gasteiger partial charge in [0.2, 0.25) is 5.95 Å². The van der Waals surface area contributed by atoms with Crippen molar-refractivity contribution in [3.63, 3.8) is 0 Å². The number of hydrogen-bond acceptors (Lipinski definition) is 6. The molecule has 0 amide bonds. The van der Waals surface area contributed by atoms with Gasteiger partial charge in [-0.2, -0.15) is 0 Å². The number of piperazine rings is 1. The average Bonchev–Trinajstić information content (AvgIpc) is 2.80. The van der Waals surface area contributed by atoms with Crippen LogP contribution < -0.4 is 10.2 Å². The van der Waals surface area contributed by atoms with Crippen LogP contribution in [0.5, 0.6) is 0 Å². The van der Waals surface area contributed by atoms with Gasteiger partial charge < -0.3 is 15.1 Å².